The SMILES string of the molecule is CC(N)Cc1c(Sc2ncccc2Cl)nc2ccccn12. The minimum atomic E-state index is 0.0589. The first-order chi connectivity index (χ1) is 10.1. The largest absolute Gasteiger partial charge is 0.328 e. The summed E-state index contributed by atoms with van der Waals surface area (Å²) in [4.78, 5) is 8.99. The number of halogens is 1. The highest BCUT2D eigenvalue weighted by Crippen LogP contribution is 2.33. The standard InChI is InChI=1S/C15H15ClN4S/c1-10(17)9-12-15(19-13-6-2-3-8-20(12)13)21-14-11(16)5-4-7-18-14/h2-8,10H,9,17H2,1H3. The van der Waals surface area contributed by atoms with Crippen molar-refractivity contribution in [2.75, 3.05) is 0 Å². The van der Waals surface area contributed by atoms with Crippen LogP contribution in [0, 0.1) is 0 Å². The van der Waals surface area contributed by atoms with E-state index in [2.05, 4.69) is 14.4 Å². The molecule has 0 saturated heterocycles. The van der Waals surface area contributed by atoms with Crippen LogP contribution in [0.15, 0.2) is 52.8 Å². The topological polar surface area (TPSA) is 56.2 Å². The fourth-order valence-electron chi connectivity index (χ4n) is 2.14. The van der Waals surface area contributed by atoms with Crippen molar-refractivity contribution in [1.29, 1.82) is 0 Å². The third-order valence-corrected chi connectivity index (χ3v) is 4.48. The van der Waals surface area contributed by atoms with Gasteiger partial charge in [0.1, 0.15) is 15.7 Å². The maximum Gasteiger partial charge on any atom is 0.138 e. The molecular formula is C15H15ClN4S. The Labute approximate surface area is 132 Å². The van der Waals surface area contributed by atoms with Crippen LogP contribution in [-0.2, 0) is 6.42 Å². The normalized spacial score (nSPS) is 12.7. The van der Waals surface area contributed by atoms with E-state index in [1.807, 2.05) is 43.5 Å². The van der Waals surface area contributed by atoms with Crippen LogP contribution in [0.1, 0.15) is 12.6 Å². The minimum absolute atomic E-state index is 0.0589. The summed E-state index contributed by atoms with van der Waals surface area (Å²) in [5.41, 5.74) is 7.97. The third kappa shape index (κ3) is 3.05. The van der Waals surface area contributed by atoms with Gasteiger partial charge in [-0.05, 0) is 43.0 Å². The molecule has 1 unspecified atom stereocenters. The Kier molecular flexibility index (Phi) is 4.14. The van der Waals surface area contributed by atoms with Gasteiger partial charge in [-0.25, -0.2) is 9.97 Å². The average Bonchev–Trinajstić information content (AvgIpc) is 2.79. The van der Waals surface area contributed by atoms with E-state index < -0.39 is 0 Å². The van der Waals surface area contributed by atoms with Crippen LogP contribution in [0.4, 0.5) is 0 Å². The molecule has 0 spiro atoms. The second-order valence-corrected chi connectivity index (χ2v) is 6.25. The molecule has 3 heterocycles. The smallest absolute Gasteiger partial charge is 0.138 e. The van der Waals surface area contributed by atoms with Gasteiger partial charge in [0.2, 0.25) is 0 Å². The van der Waals surface area contributed by atoms with E-state index in [9.17, 15) is 0 Å². The van der Waals surface area contributed by atoms with Crippen molar-refractivity contribution in [3.8, 4) is 0 Å². The molecule has 0 fully saturated rings. The van der Waals surface area contributed by atoms with E-state index in [0.717, 1.165) is 27.8 Å². The Hall–Kier alpha value is -1.56. The zero-order valence-corrected chi connectivity index (χ0v) is 13.1. The Morgan fingerprint density at radius 3 is 2.90 bits per heavy atom. The Bertz CT molecular complexity index is 769. The lowest BCUT2D eigenvalue weighted by atomic mass is 10.2. The van der Waals surface area contributed by atoms with Crippen molar-refractivity contribution in [3.05, 3.63) is 53.4 Å². The number of aromatic nitrogens is 3. The molecule has 2 N–H and O–H groups in total. The number of hydrogen-bond acceptors (Lipinski definition) is 4. The third-order valence-electron chi connectivity index (χ3n) is 3.03. The van der Waals surface area contributed by atoms with Crippen LogP contribution in [0.25, 0.3) is 5.65 Å². The van der Waals surface area contributed by atoms with E-state index in [1.165, 1.54) is 11.8 Å². The number of nitrogens with two attached hydrogens (primary N) is 1. The maximum absolute atomic E-state index is 6.19. The molecule has 0 aromatic carbocycles. The molecule has 3 aromatic rings. The van der Waals surface area contributed by atoms with Crippen molar-refractivity contribution < 1.29 is 0 Å². The van der Waals surface area contributed by atoms with Crippen LogP contribution >= 0.6 is 23.4 Å². The predicted molar refractivity (Wildman–Crippen MR) is 85.9 cm³/mol. The summed E-state index contributed by atoms with van der Waals surface area (Å²) < 4.78 is 2.07. The first kappa shape index (κ1) is 14.4. The molecule has 0 aliphatic rings. The number of rotatable bonds is 4. The molecule has 3 aromatic heterocycles. The van der Waals surface area contributed by atoms with Gasteiger partial charge in [-0.15, -0.1) is 0 Å². The number of imidazole rings is 1. The highest BCUT2D eigenvalue weighted by molar-refractivity contribution is 7.99. The Morgan fingerprint density at radius 2 is 2.14 bits per heavy atom. The van der Waals surface area contributed by atoms with Crippen molar-refractivity contribution >= 4 is 29.0 Å². The molecule has 108 valence electrons. The molecule has 0 aliphatic carbocycles. The van der Waals surface area contributed by atoms with Gasteiger partial charge < -0.3 is 10.1 Å². The van der Waals surface area contributed by atoms with Gasteiger partial charge in [0, 0.05) is 24.9 Å². The first-order valence-corrected chi connectivity index (χ1v) is 7.84. The van der Waals surface area contributed by atoms with Crippen molar-refractivity contribution in [2.45, 2.75) is 29.4 Å². The molecule has 6 heteroatoms. The van der Waals surface area contributed by atoms with Crippen LogP contribution in [0.3, 0.4) is 0 Å². The molecule has 0 aliphatic heterocycles. The lowest BCUT2D eigenvalue weighted by molar-refractivity contribution is 0.705. The van der Waals surface area contributed by atoms with E-state index in [4.69, 9.17) is 17.3 Å². The van der Waals surface area contributed by atoms with Gasteiger partial charge in [-0.2, -0.15) is 0 Å². The average molecular weight is 319 g/mol. The van der Waals surface area contributed by atoms with E-state index in [0.29, 0.717) is 5.02 Å². The minimum Gasteiger partial charge on any atom is -0.328 e. The van der Waals surface area contributed by atoms with E-state index in [-0.39, 0.29) is 6.04 Å². The van der Waals surface area contributed by atoms with Crippen LogP contribution < -0.4 is 5.73 Å². The molecule has 0 amide bonds. The maximum atomic E-state index is 6.19. The van der Waals surface area contributed by atoms with Gasteiger partial charge >= 0.3 is 0 Å². The predicted octanol–water partition coefficient (Wildman–Crippen LogP) is 3.42. The summed E-state index contributed by atoms with van der Waals surface area (Å²) in [5, 5.41) is 2.29. The van der Waals surface area contributed by atoms with E-state index in [1.54, 1.807) is 6.20 Å². The van der Waals surface area contributed by atoms with Crippen molar-refractivity contribution in [2.24, 2.45) is 5.73 Å². The second-order valence-electron chi connectivity index (χ2n) is 4.87. The molecule has 0 radical (unpaired) electrons. The Morgan fingerprint density at radius 1 is 1.29 bits per heavy atom. The lowest BCUT2D eigenvalue weighted by Crippen LogP contribution is -2.19. The lowest BCUT2D eigenvalue weighted by Gasteiger charge is -2.07. The molecule has 21 heavy (non-hydrogen) atoms. The molecule has 4 nitrogen and oxygen atoms in total. The molecule has 0 saturated carbocycles. The van der Waals surface area contributed by atoms with Crippen LogP contribution in [0.5, 0.6) is 0 Å². The van der Waals surface area contributed by atoms with Crippen molar-refractivity contribution in [1.82, 2.24) is 14.4 Å². The Balaban J connectivity index is 2.07. The van der Waals surface area contributed by atoms with Gasteiger partial charge in [0.05, 0.1) is 10.7 Å². The number of fused-ring (bicyclic) bond motifs is 1. The van der Waals surface area contributed by atoms with E-state index >= 15 is 0 Å². The zero-order chi connectivity index (χ0) is 14.8. The van der Waals surface area contributed by atoms with Crippen molar-refractivity contribution in [3.63, 3.8) is 0 Å². The van der Waals surface area contributed by atoms with Gasteiger partial charge in [0.15, 0.2) is 0 Å². The molecule has 0 bridgehead atoms. The van der Waals surface area contributed by atoms with Gasteiger partial charge in [0.25, 0.3) is 0 Å². The number of nitrogens with zero attached hydrogens (tertiary/aromatic N) is 3. The quantitative estimate of drug-likeness (QED) is 0.800. The van der Waals surface area contributed by atoms with Crippen LogP contribution in [0.2, 0.25) is 5.02 Å². The number of hydrogen-bond donors (Lipinski definition) is 1. The molecule has 1 atom stereocenters. The summed E-state index contributed by atoms with van der Waals surface area (Å²) >= 11 is 7.67. The first-order valence-electron chi connectivity index (χ1n) is 6.65. The van der Waals surface area contributed by atoms with Gasteiger partial charge in [-0.3, -0.25) is 0 Å². The van der Waals surface area contributed by atoms with Crippen LogP contribution in [-0.4, -0.2) is 20.4 Å². The summed E-state index contributed by atoms with van der Waals surface area (Å²) in [7, 11) is 0. The van der Waals surface area contributed by atoms with Gasteiger partial charge in [-0.1, -0.05) is 17.7 Å². The fraction of sp³-hybridized carbons (Fsp3) is 0.200. The monoisotopic (exact) mass is 318 g/mol. The highest BCUT2D eigenvalue weighted by Gasteiger charge is 2.16. The summed E-state index contributed by atoms with van der Waals surface area (Å²) in [6.45, 7) is 1.99. The molecule has 3 rings (SSSR count). The zero-order valence-electron chi connectivity index (χ0n) is 11.5. The summed E-state index contributed by atoms with van der Waals surface area (Å²) in [5.74, 6) is 0. The summed E-state index contributed by atoms with van der Waals surface area (Å²) in [6.07, 6.45) is 4.48. The number of pyridine rings is 2. The highest BCUT2D eigenvalue weighted by atomic mass is 35.5. The fourth-order valence-corrected chi connectivity index (χ4v) is 3.27. The summed E-state index contributed by atoms with van der Waals surface area (Å²) in [6, 6.07) is 9.65. The molecular weight excluding hydrogens is 304 g/mol. The second kappa shape index (κ2) is 6.05.